The van der Waals surface area contributed by atoms with Gasteiger partial charge in [-0.3, -0.25) is 4.79 Å². The maximum Gasteiger partial charge on any atom is 0.255 e. The van der Waals surface area contributed by atoms with Crippen LogP contribution < -0.4 is 10.1 Å². The number of carbonyl (C=O) groups is 1. The molecule has 0 bridgehead atoms. The number of hydrogen-bond donors (Lipinski definition) is 1. The molecule has 154 valence electrons. The van der Waals surface area contributed by atoms with Crippen molar-refractivity contribution in [3.8, 4) is 5.75 Å². The predicted octanol–water partition coefficient (Wildman–Crippen LogP) is 3.29. The summed E-state index contributed by atoms with van der Waals surface area (Å²) in [6, 6.07) is 12.6. The lowest BCUT2D eigenvalue weighted by molar-refractivity contribution is 0.0929. The van der Waals surface area contributed by atoms with Crippen LogP contribution in [0.2, 0.25) is 0 Å². The monoisotopic (exact) mass is 414 g/mol. The molecule has 2 aromatic carbocycles. The zero-order valence-electron chi connectivity index (χ0n) is 16.6. The van der Waals surface area contributed by atoms with Gasteiger partial charge in [-0.15, -0.1) is 0 Å². The van der Waals surface area contributed by atoms with Gasteiger partial charge in [0, 0.05) is 13.1 Å². The molecule has 2 aliphatic rings. The van der Waals surface area contributed by atoms with Crippen LogP contribution in [0, 0.1) is 0 Å². The number of ether oxygens (including phenoxy) is 1. The summed E-state index contributed by atoms with van der Waals surface area (Å²) in [6.07, 6.45) is 4.60. The van der Waals surface area contributed by atoms with Crippen LogP contribution in [0.5, 0.6) is 5.75 Å². The molecule has 0 saturated carbocycles. The SMILES string of the molecule is COc1ccc(S(=O)(=O)N2CCCC2)cc1C(=O)N[C@H]1CCCc2ccccc21. The second-order valence-corrected chi connectivity index (χ2v) is 9.53. The van der Waals surface area contributed by atoms with E-state index in [2.05, 4.69) is 11.4 Å². The number of amides is 1. The van der Waals surface area contributed by atoms with E-state index in [1.54, 1.807) is 6.07 Å². The van der Waals surface area contributed by atoms with Crippen LogP contribution in [0.3, 0.4) is 0 Å². The van der Waals surface area contributed by atoms with Gasteiger partial charge >= 0.3 is 0 Å². The van der Waals surface area contributed by atoms with E-state index in [4.69, 9.17) is 4.74 Å². The van der Waals surface area contributed by atoms with Crippen molar-refractivity contribution in [3.05, 3.63) is 59.2 Å². The third-order valence-electron chi connectivity index (χ3n) is 5.79. The number of nitrogens with zero attached hydrogens (tertiary/aromatic N) is 1. The van der Waals surface area contributed by atoms with E-state index in [1.807, 2.05) is 18.2 Å². The number of aryl methyl sites for hydroxylation is 1. The molecule has 1 N–H and O–H groups in total. The highest BCUT2D eigenvalue weighted by Gasteiger charge is 2.29. The Hall–Kier alpha value is -2.38. The minimum Gasteiger partial charge on any atom is -0.496 e. The van der Waals surface area contributed by atoms with Crippen LogP contribution in [0.25, 0.3) is 0 Å². The molecule has 0 spiro atoms. The molecule has 1 saturated heterocycles. The molecule has 29 heavy (non-hydrogen) atoms. The van der Waals surface area contributed by atoms with Gasteiger partial charge in [0.25, 0.3) is 5.91 Å². The van der Waals surface area contributed by atoms with Gasteiger partial charge in [-0.05, 0) is 61.4 Å². The first-order valence-corrected chi connectivity index (χ1v) is 11.5. The van der Waals surface area contributed by atoms with Gasteiger partial charge in [0.2, 0.25) is 10.0 Å². The zero-order chi connectivity index (χ0) is 20.4. The average Bonchev–Trinajstić information content (AvgIpc) is 3.29. The van der Waals surface area contributed by atoms with Crippen molar-refractivity contribution in [2.75, 3.05) is 20.2 Å². The lowest BCUT2D eigenvalue weighted by atomic mass is 9.87. The zero-order valence-corrected chi connectivity index (χ0v) is 17.4. The lowest BCUT2D eigenvalue weighted by Crippen LogP contribution is -2.32. The smallest absolute Gasteiger partial charge is 0.255 e. The highest BCUT2D eigenvalue weighted by molar-refractivity contribution is 7.89. The van der Waals surface area contributed by atoms with Gasteiger partial charge in [0.1, 0.15) is 5.75 Å². The number of methoxy groups -OCH3 is 1. The number of nitrogens with one attached hydrogen (secondary N) is 1. The molecule has 1 aliphatic heterocycles. The molecule has 0 unspecified atom stereocenters. The van der Waals surface area contributed by atoms with Crippen LogP contribution >= 0.6 is 0 Å². The Kier molecular flexibility index (Phi) is 5.61. The second-order valence-electron chi connectivity index (χ2n) is 7.59. The first-order chi connectivity index (χ1) is 14.0. The third-order valence-corrected chi connectivity index (χ3v) is 7.69. The van der Waals surface area contributed by atoms with Crippen molar-refractivity contribution < 1.29 is 17.9 Å². The molecular formula is C22H26N2O4S. The van der Waals surface area contributed by atoms with E-state index in [0.717, 1.165) is 37.7 Å². The standard InChI is InChI=1S/C22H26N2O4S/c1-28-21-12-11-17(29(26,27)24-13-4-5-14-24)15-19(21)22(25)23-20-10-6-8-16-7-2-3-9-18(16)20/h2-3,7,9,11-12,15,20H,4-6,8,10,13-14H2,1H3,(H,23,25)/t20-/m0/s1. The van der Waals surface area contributed by atoms with Crippen LogP contribution in [0.1, 0.15) is 53.2 Å². The van der Waals surface area contributed by atoms with Gasteiger partial charge < -0.3 is 10.1 Å². The molecule has 1 heterocycles. The van der Waals surface area contributed by atoms with E-state index < -0.39 is 10.0 Å². The summed E-state index contributed by atoms with van der Waals surface area (Å²) in [5, 5.41) is 3.09. The van der Waals surface area contributed by atoms with Crippen molar-refractivity contribution in [1.29, 1.82) is 0 Å². The molecule has 2 aromatic rings. The number of rotatable bonds is 5. The maximum absolute atomic E-state index is 13.1. The third kappa shape index (κ3) is 3.89. The predicted molar refractivity (Wildman–Crippen MR) is 111 cm³/mol. The number of hydrogen-bond acceptors (Lipinski definition) is 4. The molecule has 1 atom stereocenters. The minimum absolute atomic E-state index is 0.0870. The Morgan fingerprint density at radius 3 is 2.62 bits per heavy atom. The lowest BCUT2D eigenvalue weighted by Gasteiger charge is -2.26. The van der Waals surface area contributed by atoms with Gasteiger partial charge in [-0.2, -0.15) is 4.31 Å². The van der Waals surface area contributed by atoms with E-state index in [-0.39, 0.29) is 22.4 Å². The highest BCUT2D eigenvalue weighted by atomic mass is 32.2. The molecule has 7 heteroatoms. The van der Waals surface area contributed by atoms with Crippen molar-refractivity contribution in [2.45, 2.75) is 43.0 Å². The minimum atomic E-state index is -3.60. The fraction of sp³-hybridized carbons (Fsp3) is 0.409. The van der Waals surface area contributed by atoms with E-state index in [0.29, 0.717) is 18.8 Å². The van der Waals surface area contributed by atoms with Gasteiger partial charge in [-0.1, -0.05) is 24.3 Å². The molecule has 1 aliphatic carbocycles. The molecule has 6 nitrogen and oxygen atoms in total. The van der Waals surface area contributed by atoms with Crippen molar-refractivity contribution in [1.82, 2.24) is 9.62 Å². The Labute approximate surface area is 171 Å². The van der Waals surface area contributed by atoms with Crippen LogP contribution in [-0.2, 0) is 16.4 Å². The molecule has 1 fully saturated rings. The highest BCUT2D eigenvalue weighted by Crippen LogP contribution is 2.31. The summed E-state index contributed by atoms with van der Waals surface area (Å²) in [5.74, 6) is 0.0500. The normalized spacial score (nSPS) is 19.6. The Balaban J connectivity index is 1.63. The Bertz CT molecular complexity index is 1010. The number of fused-ring (bicyclic) bond motifs is 1. The van der Waals surface area contributed by atoms with E-state index >= 15 is 0 Å². The van der Waals surface area contributed by atoms with Crippen LogP contribution in [0.4, 0.5) is 0 Å². The Morgan fingerprint density at radius 1 is 1.10 bits per heavy atom. The quantitative estimate of drug-likeness (QED) is 0.815. The molecule has 0 aromatic heterocycles. The molecule has 4 rings (SSSR count). The summed E-state index contributed by atoms with van der Waals surface area (Å²) in [6.45, 7) is 1.05. The van der Waals surface area contributed by atoms with Crippen molar-refractivity contribution in [3.63, 3.8) is 0 Å². The number of carbonyl (C=O) groups excluding carboxylic acids is 1. The maximum atomic E-state index is 13.1. The van der Waals surface area contributed by atoms with Gasteiger partial charge in [0.15, 0.2) is 0 Å². The van der Waals surface area contributed by atoms with Crippen LogP contribution in [0.15, 0.2) is 47.4 Å². The number of sulfonamides is 1. The van der Waals surface area contributed by atoms with E-state index in [9.17, 15) is 13.2 Å². The van der Waals surface area contributed by atoms with Crippen molar-refractivity contribution >= 4 is 15.9 Å². The topological polar surface area (TPSA) is 75.7 Å². The summed E-state index contributed by atoms with van der Waals surface area (Å²) in [4.78, 5) is 13.2. The second kappa shape index (κ2) is 8.16. The largest absolute Gasteiger partial charge is 0.496 e. The summed E-state index contributed by atoms with van der Waals surface area (Å²) < 4.78 is 32.7. The molecule has 1 amide bonds. The number of benzene rings is 2. The van der Waals surface area contributed by atoms with Crippen LogP contribution in [-0.4, -0.2) is 38.8 Å². The van der Waals surface area contributed by atoms with Gasteiger partial charge in [-0.25, -0.2) is 8.42 Å². The van der Waals surface area contributed by atoms with E-state index in [1.165, 1.54) is 29.1 Å². The molecular weight excluding hydrogens is 388 g/mol. The van der Waals surface area contributed by atoms with Gasteiger partial charge in [0.05, 0.1) is 23.6 Å². The fourth-order valence-corrected chi connectivity index (χ4v) is 5.79. The summed E-state index contributed by atoms with van der Waals surface area (Å²) in [5.41, 5.74) is 2.63. The molecule has 0 radical (unpaired) electrons. The Morgan fingerprint density at radius 2 is 1.86 bits per heavy atom. The summed E-state index contributed by atoms with van der Waals surface area (Å²) >= 11 is 0. The summed E-state index contributed by atoms with van der Waals surface area (Å²) in [7, 11) is -2.12. The average molecular weight is 415 g/mol. The fourth-order valence-electron chi connectivity index (χ4n) is 4.24. The first-order valence-electron chi connectivity index (χ1n) is 10.1. The van der Waals surface area contributed by atoms with Crippen molar-refractivity contribution in [2.24, 2.45) is 0 Å². The first kappa shape index (κ1) is 19.9.